The third-order valence-electron chi connectivity index (χ3n) is 1.26. The Hall–Kier alpha value is -1.53. The summed E-state index contributed by atoms with van der Waals surface area (Å²) in [5.74, 6) is 5.92. The van der Waals surface area contributed by atoms with Crippen LogP contribution < -0.4 is 4.74 Å². The Morgan fingerprint density at radius 3 is 3.08 bits per heavy atom. The zero-order chi connectivity index (χ0) is 8.81. The van der Waals surface area contributed by atoms with Crippen molar-refractivity contribution in [1.82, 2.24) is 4.98 Å². The standard InChI is InChI=1S/C9H9NO2/c1-12-9-5-8(3-2-4-11)6-10-7-9/h5-7,11H,4H2,1H3. The lowest BCUT2D eigenvalue weighted by Gasteiger charge is -1.96. The first-order valence-corrected chi connectivity index (χ1v) is 3.45. The number of aromatic nitrogens is 1. The molecule has 0 fully saturated rings. The molecule has 0 saturated heterocycles. The highest BCUT2D eigenvalue weighted by molar-refractivity contribution is 5.36. The van der Waals surface area contributed by atoms with Crippen LogP contribution in [0.1, 0.15) is 5.56 Å². The first kappa shape index (κ1) is 8.57. The van der Waals surface area contributed by atoms with E-state index in [4.69, 9.17) is 9.84 Å². The first-order chi connectivity index (χ1) is 5.86. The molecule has 0 atom stereocenters. The van der Waals surface area contributed by atoms with Crippen molar-refractivity contribution >= 4 is 0 Å². The van der Waals surface area contributed by atoms with E-state index < -0.39 is 0 Å². The van der Waals surface area contributed by atoms with Gasteiger partial charge in [-0.3, -0.25) is 4.98 Å². The molecule has 3 nitrogen and oxygen atoms in total. The van der Waals surface area contributed by atoms with Gasteiger partial charge in [0.2, 0.25) is 0 Å². The summed E-state index contributed by atoms with van der Waals surface area (Å²) in [5.41, 5.74) is 0.739. The van der Waals surface area contributed by atoms with Gasteiger partial charge in [-0.1, -0.05) is 11.8 Å². The third-order valence-corrected chi connectivity index (χ3v) is 1.26. The van der Waals surface area contributed by atoms with Gasteiger partial charge in [0.25, 0.3) is 0 Å². The summed E-state index contributed by atoms with van der Waals surface area (Å²) in [7, 11) is 1.57. The number of nitrogens with zero attached hydrogens (tertiary/aromatic N) is 1. The zero-order valence-electron chi connectivity index (χ0n) is 6.74. The van der Waals surface area contributed by atoms with Crippen LogP contribution in [0.3, 0.4) is 0 Å². The summed E-state index contributed by atoms with van der Waals surface area (Å²) < 4.78 is 4.94. The number of methoxy groups -OCH3 is 1. The van der Waals surface area contributed by atoms with E-state index in [0.717, 1.165) is 5.56 Å². The lowest BCUT2D eigenvalue weighted by atomic mass is 10.3. The van der Waals surface area contributed by atoms with Gasteiger partial charge in [-0.15, -0.1) is 0 Å². The first-order valence-electron chi connectivity index (χ1n) is 3.45. The Morgan fingerprint density at radius 2 is 2.42 bits per heavy atom. The number of rotatable bonds is 1. The molecule has 1 aromatic heterocycles. The van der Waals surface area contributed by atoms with E-state index in [-0.39, 0.29) is 6.61 Å². The molecule has 1 aromatic rings. The van der Waals surface area contributed by atoms with Crippen LogP contribution in [0.25, 0.3) is 0 Å². The molecule has 62 valence electrons. The molecule has 1 rings (SSSR count). The summed E-state index contributed by atoms with van der Waals surface area (Å²) in [6.45, 7) is -0.142. The number of aliphatic hydroxyl groups excluding tert-OH is 1. The summed E-state index contributed by atoms with van der Waals surface area (Å²) in [6.07, 6.45) is 3.22. The van der Waals surface area contributed by atoms with E-state index in [2.05, 4.69) is 16.8 Å². The second kappa shape index (κ2) is 4.37. The average Bonchev–Trinajstić information content (AvgIpc) is 2.15. The molecule has 0 aliphatic rings. The van der Waals surface area contributed by atoms with Crippen LogP contribution in [-0.4, -0.2) is 23.8 Å². The molecule has 12 heavy (non-hydrogen) atoms. The number of aliphatic hydroxyl groups is 1. The van der Waals surface area contributed by atoms with Crippen LogP contribution >= 0.6 is 0 Å². The maximum Gasteiger partial charge on any atom is 0.138 e. The van der Waals surface area contributed by atoms with Crippen LogP contribution in [0.2, 0.25) is 0 Å². The fraction of sp³-hybridized carbons (Fsp3) is 0.222. The highest BCUT2D eigenvalue weighted by atomic mass is 16.5. The normalized spacial score (nSPS) is 8.50. The highest BCUT2D eigenvalue weighted by Gasteiger charge is 1.91. The molecular formula is C9H9NO2. The van der Waals surface area contributed by atoms with Gasteiger partial charge in [0.05, 0.1) is 13.3 Å². The van der Waals surface area contributed by atoms with Gasteiger partial charge in [-0.05, 0) is 6.07 Å². The van der Waals surface area contributed by atoms with Gasteiger partial charge < -0.3 is 9.84 Å². The monoisotopic (exact) mass is 163 g/mol. The summed E-state index contributed by atoms with van der Waals surface area (Å²) >= 11 is 0. The van der Waals surface area contributed by atoms with Gasteiger partial charge in [-0.25, -0.2) is 0 Å². The number of ether oxygens (including phenoxy) is 1. The molecule has 1 N–H and O–H groups in total. The topological polar surface area (TPSA) is 42.4 Å². The van der Waals surface area contributed by atoms with Crippen molar-refractivity contribution in [1.29, 1.82) is 0 Å². The van der Waals surface area contributed by atoms with Crippen LogP contribution in [0.5, 0.6) is 5.75 Å². The van der Waals surface area contributed by atoms with Crippen molar-refractivity contribution in [2.75, 3.05) is 13.7 Å². The van der Waals surface area contributed by atoms with Crippen LogP contribution in [-0.2, 0) is 0 Å². The molecular weight excluding hydrogens is 154 g/mol. The van der Waals surface area contributed by atoms with Crippen LogP contribution in [0.4, 0.5) is 0 Å². The third kappa shape index (κ3) is 2.26. The van der Waals surface area contributed by atoms with E-state index in [1.807, 2.05) is 0 Å². The molecule has 1 heterocycles. The average molecular weight is 163 g/mol. The summed E-state index contributed by atoms with van der Waals surface area (Å²) in [6, 6.07) is 1.76. The van der Waals surface area contributed by atoms with Gasteiger partial charge >= 0.3 is 0 Å². The fourth-order valence-electron chi connectivity index (χ4n) is 0.740. The van der Waals surface area contributed by atoms with E-state index in [1.54, 1.807) is 25.6 Å². The zero-order valence-corrected chi connectivity index (χ0v) is 6.74. The second-order valence-corrected chi connectivity index (χ2v) is 2.07. The minimum absolute atomic E-state index is 0.142. The minimum atomic E-state index is -0.142. The molecule has 0 unspecified atom stereocenters. The van der Waals surface area contributed by atoms with Crippen LogP contribution in [0, 0.1) is 11.8 Å². The Bertz CT molecular complexity index is 312. The Balaban J connectivity index is 2.86. The van der Waals surface area contributed by atoms with Gasteiger partial charge in [0.1, 0.15) is 12.4 Å². The van der Waals surface area contributed by atoms with E-state index in [1.165, 1.54) is 0 Å². The predicted molar refractivity (Wildman–Crippen MR) is 44.8 cm³/mol. The van der Waals surface area contributed by atoms with E-state index >= 15 is 0 Å². The maximum atomic E-state index is 8.43. The Labute approximate surface area is 71.0 Å². The lowest BCUT2D eigenvalue weighted by molar-refractivity contribution is 0.350. The second-order valence-electron chi connectivity index (χ2n) is 2.07. The van der Waals surface area contributed by atoms with Crippen molar-refractivity contribution in [2.45, 2.75) is 0 Å². The van der Waals surface area contributed by atoms with Crippen molar-refractivity contribution in [2.24, 2.45) is 0 Å². The number of hydrogen-bond donors (Lipinski definition) is 1. The molecule has 0 spiro atoms. The molecule has 0 amide bonds. The number of hydrogen-bond acceptors (Lipinski definition) is 3. The highest BCUT2D eigenvalue weighted by Crippen LogP contribution is 2.08. The summed E-state index contributed by atoms with van der Waals surface area (Å²) in [5, 5.41) is 8.43. The molecule has 0 aromatic carbocycles. The lowest BCUT2D eigenvalue weighted by Crippen LogP contribution is -1.85. The molecule has 0 aliphatic carbocycles. The Morgan fingerprint density at radius 1 is 1.58 bits per heavy atom. The van der Waals surface area contributed by atoms with Crippen molar-refractivity contribution in [3.63, 3.8) is 0 Å². The largest absolute Gasteiger partial charge is 0.495 e. The predicted octanol–water partition coefficient (Wildman–Crippen LogP) is 0.434. The van der Waals surface area contributed by atoms with Crippen LogP contribution in [0.15, 0.2) is 18.5 Å². The summed E-state index contributed by atoms with van der Waals surface area (Å²) in [4.78, 5) is 3.90. The van der Waals surface area contributed by atoms with E-state index in [9.17, 15) is 0 Å². The molecule has 3 heteroatoms. The molecule has 0 radical (unpaired) electrons. The van der Waals surface area contributed by atoms with Crippen molar-refractivity contribution in [3.8, 4) is 17.6 Å². The maximum absolute atomic E-state index is 8.43. The van der Waals surface area contributed by atoms with Gasteiger partial charge in [0, 0.05) is 11.8 Å². The quantitative estimate of drug-likeness (QED) is 0.610. The Kier molecular flexibility index (Phi) is 3.12. The fourth-order valence-corrected chi connectivity index (χ4v) is 0.740. The van der Waals surface area contributed by atoms with Gasteiger partial charge in [-0.2, -0.15) is 0 Å². The smallest absolute Gasteiger partial charge is 0.138 e. The van der Waals surface area contributed by atoms with Crippen molar-refractivity contribution in [3.05, 3.63) is 24.0 Å². The van der Waals surface area contributed by atoms with Crippen molar-refractivity contribution < 1.29 is 9.84 Å². The van der Waals surface area contributed by atoms with E-state index in [0.29, 0.717) is 5.75 Å². The molecule has 0 aliphatic heterocycles. The van der Waals surface area contributed by atoms with Gasteiger partial charge in [0.15, 0.2) is 0 Å². The molecule has 0 saturated carbocycles. The number of pyridine rings is 1. The minimum Gasteiger partial charge on any atom is -0.495 e. The molecule has 0 bridgehead atoms. The SMILES string of the molecule is COc1cncc(C#CCO)c1.